The Morgan fingerprint density at radius 3 is 2.46 bits per heavy atom. The smallest absolute Gasteiger partial charge is 0.142 e. The molecule has 5 nitrogen and oxygen atoms in total. The normalized spacial score (nSPS) is 15.3. The zero-order chi connectivity index (χ0) is 16.9. The van der Waals surface area contributed by atoms with Crippen molar-refractivity contribution in [3.63, 3.8) is 0 Å². The van der Waals surface area contributed by atoms with Crippen molar-refractivity contribution in [3.8, 4) is 17.2 Å². The van der Waals surface area contributed by atoms with Gasteiger partial charge in [-0.1, -0.05) is 12.1 Å². The van der Waals surface area contributed by atoms with Gasteiger partial charge < -0.3 is 24.4 Å². The molecule has 0 amide bonds. The fourth-order valence-electron chi connectivity index (χ4n) is 3.22. The number of rotatable bonds is 5. The Labute approximate surface area is 143 Å². The molecule has 1 fully saturated rings. The molecule has 5 heteroatoms. The number of methoxy groups -OCH3 is 2. The van der Waals surface area contributed by atoms with Crippen molar-refractivity contribution >= 4 is 5.69 Å². The highest BCUT2D eigenvalue weighted by Crippen LogP contribution is 2.27. The van der Waals surface area contributed by atoms with Gasteiger partial charge in [0, 0.05) is 11.6 Å². The van der Waals surface area contributed by atoms with E-state index in [4.69, 9.17) is 9.47 Å². The molecular formula is C19H25N2O3+. The molecule has 2 aromatic rings. The fraction of sp³-hybridized carbons (Fsp3) is 0.368. The van der Waals surface area contributed by atoms with Gasteiger partial charge >= 0.3 is 0 Å². The van der Waals surface area contributed by atoms with Gasteiger partial charge in [0.05, 0.1) is 46.1 Å². The topological polar surface area (TPSA) is 46.4 Å². The molecule has 0 saturated carbocycles. The predicted octanol–water partition coefficient (Wildman–Crippen LogP) is 1.31. The van der Waals surface area contributed by atoms with E-state index in [-0.39, 0.29) is 0 Å². The summed E-state index contributed by atoms with van der Waals surface area (Å²) in [6.07, 6.45) is 0. The number of phenols is 1. The SMILES string of the molecule is COc1ccc(C[NH+]2CCN(c3ccccc3OC)CC2)c(O)c1. The summed E-state index contributed by atoms with van der Waals surface area (Å²) in [6.45, 7) is 4.85. The van der Waals surface area contributed by atoms with Gasteiger partial charge in [-0.05, 0) is 24.3 Å². The number of para-hydroxylation sites is 2. The minimum Gasteiger partial charge on any atom is -0.507 e. The van der Waals surface area contributed by atoms with Gasteiger partial charge in [0.2, 0.25) is 0 Å². The van der Waals surface area contributed by atoms with Crippen molar-refractivity contribution in [1.82, 2.24) is 0 Å². The second-order valence-corrected chi connectivity index (χ2v) is 6.08. The number of quaternary nitrogens is 1. The third-order valence-electron chi connectivity index (χ3n) is 4.63. The number of phenolic OH excluding ortho intramolecular Hbond substituents is 1. The zero-order valence-electron chi connectivity index (χ0n) is 14.3. The Hall–Kier alpha value is -2.40. The molecule has 0 spiro atoms. The number of nitrogens with one attached hydrogen (secondary N) is 1. The second-order valence-electron chi connectivity index (χ2n) is 6.08. The Bertz CT molecular complexity index is 682. The summed E-state index contributed by atoms with van der Waals surface area (Å²) in [5, 5.41) is 10.1. The summed E-state index contributed by atoms with van der Waals surface area (Å²) < 4.78 is 10.6. The average molecular weight is 329 g/mol. The van der Waals surface area contributed by atoms with E-state index in [1.54, 1.807) is 20.3 Å². The highest BCUT2D eigenvalue weighted by Gasteiger charge is 2.23. The summed E-state index contributed by atoms with van der Waals surface area (Å²) in [7, 11) is 3.32. The fourth-order valence-corrected chi connectivity index (χ4v) is 3.22. The van der Waals surface area contributed by atoms with Gasteiger partial charge in [-0.3, -0.25) is 0 Å². The summed E-state index contributed by atoms with van der Waals surface area (Å²) in [4.78, 5) is 3.84. The first-order chi connectivity index (χ1) is 11.7. The molecule has 0 aliphatic carbocycles. The molecule has 3 rings (SSSR count). The minimum absolute atomic E-state index is 0.314. The van der Waals surface area contributed by atoms with Crippen LogP contribution in [0.25, 0.3) is 0 Å². The lowest BCUT2D eigenvalue weighted by Crippen LogP contribution is -3.13. The maximum absolute atomic E-state index is 10.1. The second kappa shape index (κ2) is 7.45. The van der Waals surface area contributed by atoms with Gasteiger partial charge in [0.15, 0.2) is 0 Å². The molecular weight excluding hydrogens is 304 g/mol. The number of nitrogens with zero attached hydrogens (tertiary/aromatic N) is 1. The quantitative estimate of drug-likeness (QED) is 0.868. The summed E-state index contributed by atoms with van der Waals surface area (Å²) in [6, 6.07) is 13.7. The summed E-state index contributed by atoms with van der Waals surface area (Å²) >= 11 is 0. The monoisotopic (exact) mass is 329 g/mol. The molecule has 2 aromatic carbocycles. The van der Waals surface area contributed by atoms with E-state index in [0.29, 0.717) is 11.5 Å². The number of hydrogen-bond acceptors (Lipinski definition) is 4. The van der Waals surface area contributed by atoms with Crippen molar-refractivity contribution in [3.05, 3.63) is 48.0 Å². The van der Waals surface area contributed by atoms with Crippen LogP contribution < -0.4 is 19.3 Å². The lowest BCUT2D eigenvalue weighted by Gasteiger charge is -2.34. The number of hydrogen-bond donors (Lipinski definition) is 2. The molecule has 0 aromatic heterocycles. The van der Waals surface area contributed by atoms with Crippen molar-refractivity contribution in [2.24, 2.45) is 0 Å². The predicted molar refractivity (Wildman–Crippen MR) is 94.3 cm³/mol. The first-order valence-corrected chi connectivity index (χ1v) is 8.28. The number of ether oxygens (including phenoxy) is 2. The lowest BCUT2D eigenvalue weighted by molar-refractivity contribution is -0.914. The van der Waals surface area contributed by atoms with Gasteiger partial charge in [0.25, 0.3) is 0 Å². The van der Waals surface area contributed by atoms with Crippen LogP contribution in [0.15, 0.2) is 42.5 Å². The average Bonchev–Trinajstić information content (AvgIpc) is 2.64. The van der Waals surface area contributed by atoms with Crippen LogP contribution in [-0.2, 0) is 6.54 Å². The standard InChI is InChI=1S/C19H24N2O3/c1-23-16-8-7-15(18(22)13-16)14-20-9-11-21(12-10-20)17-5-3-4-6-19(17)24-2/h3-8,13,22H,9-12,14H2,1-2H3/p+1. The van der Waals surface area contributed by atoms with Crippen LogP contribution in [0.3, 0.4) is 0 Å². The van der Waals surface area contributed by atoms with Crippen LogP contribution in [0.5, 0.6) is 17.2 Å². The van der Waals surface area contributed by atoms with Crippen LogP contribution in [0.1, 0.15) is 5.56 Å². The first kappa shape index (κ1) is 16.5. The third-order valence-corrected chi connectivity index (χ3v) is 4.63. The van der Waals surface area contributed by atoms with Gasteiger partial charge in [0.1, 0.15) is 23.8 Å². The molecule has 0 unspecified atom stereocenters. The van der Waals surface area contributed by atoms with Crippen LogP contribution in [0, 0.1) is 0 Å². The van der Waals surface area contributed by atoms with E-state index in [9.17, 15) is 5.11 Å². The van der Waals surface area contributed by atoms with E-state index in [0.717, 1.165) is 49.7 Å². The van der Waals surface area contributed by atoms with E-state index >= 15 is 0 Å². The molecule has 1 aliphatic heterocycles. The highest BCUT2D eigenvalue weighted by molar-refractivity contribution is 5.58. The third kappa shape index (κ3) is 3.57. The van der Waals surface area contributed by atoms with Gasteiger partial charge in [-0.2, -0.15) is 0 Å². The number of piperazine rings is 1. The minimum atomic E-state index is 0.314. The van der Waals surface area contributed by atoms with Crippen LogP contribution in [0.2, 0.25) is 0 Å². The maximum atomic E-state index is 10.1. The van der Waals surface area contributed by atoms with Crippen molar-refractivity contribution in [1.29, 1.82) is 0 Å². The molecule has 128 valence electrons. The zero-order valence-corrected chi connectivity index (χ0v) is 14.3. The first-order valence-electron chi connectivity index (χ1n) is 8.28. The van der Waals surface area contributed by atoms with Gasteiger partial charge in [-0.15, -0.1) is 0 Å². The van der Waals surface area contributed by atoms with E-state index < -0.39 is 0 Å². The van der Waals surface area contributed by atoms with Crippen LogP contribution in [-0.4, -0.2) is 45.5 Å². The molecule has 0 radical (unpaired) electrons. The van der Waals surface area contributed by atoms with Crippen molar-refractivity contribution < 1.29 is 19.5 Å². The van der Waals surface area contributed by atoms with Crippen molar-refractivity contribution in [2.75, 3.05) is 45.3 Å². The summed E-state index contributed by atoms with van der Waals surface area (Å²) in [5.74, 6) is 1.93. The molecule has 24 heavy (non-hydrogen) atoms. The molecule has 1 aliphatic rings. The van der Waals surface area contributed by atoms with E-state index in [2.05, 4.69) is 11.0 Å². The molecule has 2 N–H and O–H groups in total. The number of anilines is 1. The van der Waals surface area contributed by atoms with Crippen LogP contribution in [0.4, 0.5) is 5.69 Å². The van der Waals surface area contributed by atoms with E-state index in [1.807, 2.05) is 30.3 Å². The highest BCUT2D eigenvalue weighted by atomic mass is 16.5. The molecule has 1 heterocycles. The van der Waals surface area contributed by atoms with E-state index in [1.165, 1.54) is 4.90 Å². The summed E-state index contributed by atoms with van der Waals surface area (Å²) in [5.41, 5.74) is 2.13. The Morgan fingerprint density at radius 1 is 1.04 bits per heavy atom. The Balaban J connectivity index is 1.61. The Kier molecular flexibility index (Phi) is 5.11. The van der Waals surface area contributed by atoms with Gasteiger partial charge in [-0.25, -0.2) is 0 Å². The largest absolute Gasteiger partial charge is 0.507 e. The number of aromatic hydroxyl groups is 1. The lowest BCUT2D eigenvalue weighted by atomic mass is 10.1. The maximum Gasteiger partial charge on any atom is 0.142 e. The molecule has 0 bridgehead atoms. The number of benzene rings is 2. The molecule has 1 saturated heterocycles. The van der Waals surface area contributed by atoms with Crippen LogP contribution >= 0.6 is 0 Å². The molecule has 0 atom stereocenters. The Morgan fingerprint density at radius 2 is 1.79 bits per heavy atom. The van der Waals surface area contributed by atoms with Crippen molar-refractivity contribution in [2.45, 2.75) is 6.54 Å².